The van der Waals surface area contributed by atoms with Crippen LogP contribution >= 0.6 is 0 Å². The van der Waals surface area contributed by atoms with E-state index in [9.17, 15) is 4.79 Å². The Kier molecular flexibility index (Phi) is 4.56. The number of piperidine rings is 1. The molecule has 0 saturated carbocycles. The Balaban J connectivity index is 1.44. The summed E-state index contributed by atoms with van der Waals surface area (Å²) in [7, 11) is 2.01. The number of likely N-dealkylation sites (tertiary alicyclic amines) is 1. The highest BCUT2D eigenvalue weighted by molar-refractivity contribution is 5.89. The van der Waals surface area contributed by atoms with Crippen molar-refractivity contribution in [2.45, 2.75) is 25.4 Å². The lowest BCUT2D eigenvalue weighted by Gasteiger charge is -2.32. The Morgan fingerprint density at radius 1 is 1.23 bits per heavy atom. The zero-order chi connectivity index (χ0) is 17.9. The number of carbonyl (C=O) groups is 1. The molecule has 0 spiro atoms. The summed E-state index contributed by atoms with van der Waals surface area (Å²) in [6.07, 6.45) is 7.58. The summed E-state index contributed by atoms with van der Waals surface area (Å²) in [6, 6.07) is 10.3. The first-order valence-corrected chi connectivity index (χ1v) is 8.95. The predicted octanol–water partition coefficient (Wildman–Crippen LogP) is 2.58. The van der Waals surface area contributed by atoms with Crippen molar-refractivity contribution in [3.8, 4) is 6.01 Å². The van der Waals surface area contributed by atoms with Crippen molar-refractivity contribution in [3.05, 3.63) is 54.5 Å². The third-order valence-electron chi connectivity index (χ3n) is 4.87. The van der Waals surface area contributed by atoms with E-state index in [1.54, 1.807) is 18.5 Å². The molecule has 1 aromatic carbocycles. The van der Waals surface area contributed by atoms with Crippen molar-refractivity contribution in [1.29, 1.82) is 0 Å². The van der Waals surface area contributed by atoms with E-state index in [0.29, 0.717) is 19.0 Å². The van der Waals surface area contributed by atoms with Gasteiger partial charge in [-0.05, 0) is 30.5 Å². The van der Waals surface area contributed by atoms with Crippen molar-refractivity contribution >= 4 is 16.8 Å². The molecular formula is C20H22N4O2. The van der Waals surface area contributed by atoms with Gasteiger partial charge in [0.15, 0.2) is 0 Å². The summed E-state index contributed by atoms with van der Waals surface area (Å²) >= 11 is 0. The van der Waals surface area contributed by atoms with Gasteiger partial charge in [0.1, 0.15) is 6.10 Å². The van der Waals surface area contributed by atoms with Gasteiger partial charge >= 0.3 is 6.01 Å². The van der Waals surface area contributed by atoms with E-state index >= 15 is 0 Å². The largest absolute Gasteiger partial charge is 0.458 e. The van der Waals surface area contributed by atoms with Crippen molar-refractivity contribution in [3.63, 3.8) is 0 Å². The molecule has 1 amide bonds. The van der Waals surface area contributed by atoms with E-state index in [1.807, 2.05) is 24.1 Å². The average Bonchev–Trinajstić information content (AvgIpc) is 2.99. The first-order valence-electron chi connectivity index (χ1n) is 8.95. The van der Waals surface area contributed by atoms with Gasteiger partial charge in [-0.2, -0.15) is 0 Å². The van der Waals surface area contributed by atoms with Crippen LogP contribution in [0.5, 0.6) is 6.01 Å². The van der Waals surface area contributed by atoms with Crippen LogP contribution in [-0.4, -0.2) is 44.5 Å². The minimum Gasteiger partial charge on any atom is -0.458 e. The molecule has 0 aliphatic carbocycles. The summed E-state index contributed by atoms with van der Waals surface area (Å²) in [5.74, 6) is 0.142. The maximum Gasteiger partial charge on any atom is 0.316 e. The highest BCUT2D eigenvalue weighted by atomic mass is 16.5. The summed E-state index contributed by atoms with van der Waals surface area (Å²) in [6.45, 7) is 1.36. The Labute approximate surface area is 152 Å². The highest BCUT2D eigenvalue weighted by Crippen LogP contribution is 2.22. The molecule has 26 heavy (non-hydrogen) atoms. The third kappa shape index (κ3) is 3.40. The fourth-order valence-corrected chi connectivity index (χ4v) is 3.60. The monoisotopic (exact) mass is 350 g/mol. The number of benzene rings is 1. The quantitative estimate of drug-likeness (QED) is 0.726. The molecule has 1 atom stereocenters. The van der Waals surface area contributed by atoms with Crippen LogP contribution in [-0.2, 0) is 18.3 Å². The molecule has 1 aliphatic heterocycles. The van der Waals surface area contributed by atoms with Crippen molar-refractivity contribution in [1.82, 2.24) is 19.4 Å². The molecule has 0 bridgehead atoms. The average molecular weight is 350 g/mol. The van der Waals surface area contributed by atoms with Crippen LogP contribution in [0.25, 0.3) is 10.9 Å². The second-order valence-corrected chi connectivity index (χ2v) is 6.71. The molecule has 1 fully saturated rings. The highest BCUT2D eigenvalue weighted by Gasteiger charge is 2.26. The first-order chi connectivity index (χ1) is 12.7. The number of nitrogens with zero attached hydrogens (tertiary/aromatic N) is 4. The number of aromatic nitrogens is 3. The standard InChI is InChI=1S/C20H22N4O2/c1-23-13-15(17-7-2-3-8-18(17)23)12-19(25)24-11-4-6-16(14-24)26-20-21-9-5-10-22-20/h2-3,5,7-10,13,16H,4,6,11-12,14H2,1H3. The van der Waals surface area contributed by atoms with Crippen LogP contribution in [0, 0.1) is 0 Å². The number of amides is 1. The lowest BCUT2D eigenvalue weighted by atomic mass is 10.1. The normalized spacial score (nSPS) is 17.4. The molecule has 6 heteroatoms. The van der Waals surface area contributed by atoms with Gasteiger partial charge < -0.3 is 14.2 Å². The predicted molar refractivity (Wildman–Crippen MR) is 98.9 cm³/mol. The Bertz CT molecular complexity index is 907. The summed E-state index contributed by atoms with van der Waals surface area (Å²) in [5.41, 5.74) is 2.22. The van der Waals surface area contributed by atoms with Gasteiger partial charge in [-0.1, -0.05) is 18.2 Å². The summed E-state index contributed by atoms with van der Waals surface area (Å²) < 4.78 is 7.92. The second-order valence-electron chi connectivity index (χ2n) is 6.71. The third-order valence-corrected chi connectivity index (χ3v) is 4.87. The zero-order valence-corrected chi connectivity index (χ0v) is 14.8. The zero-order valence-electron chi connectivity index (χ0n) is 14.8. The SMILES string of the molecule is Cn1cc(CC(=O)N2CCCC(Oc3ncccn3)C2)c2ccccc21. The van der Waals surface area contributed by atoms with Gasteiger partial charge in [-0.3, -0.25) is 4.79 Å². The summed E-state index contributed by atoms with van der Waals surface area (Å²) in [4.78, 5) is 23.0. The molecule has 0 radical (unpaired) electrons. The van der Waals surface area contributed by atoms with Gasteiger partial charge in [-0.15, -0.1) is 0 Å². The lowest BCUT2D eigenvalue weighted by molar-refractivity contribution is -0.133. The molecule has 4 rings (SSSR count). The fourth-order valence-electron chi connectivity index (χ4n) is 3.60. The van der Waals surface area contributed by atoms with E-state index in [4.69, 9.17) is 4.74 Å². The molecular weight excluding hydrogens is 328 g/mol. The second kappa shape index (κ2) is 7.15. The minimum atomic E-state index is -0.0531. The van der Waals surface area contributed by atoms with Gasteiger partial charge in [0.25, 0.3) is 0 Å². The van der Waals surface area contributed by atoms with Crippen LogP contribution in [0.2, 0.25) is 0 Å². The number of para-hydroxylation sites is 1. The number of fused-ring (bicyclic) bond motifs is 1. The Hall–Kier alpha value is -2.89. The summed E-state index contributed by atoms with van der Waals surface area (Å²) in [5, 5.41) is 1.14. The van der Waals surface area contributed by atoms with Crippen LogP contribution < -0.4 is 4.74 Å². The number of aryl methyl sites for hydroxylation is 1. The van der Waals surface area contributed by atoms with Crippen LogP contribution in [0.4, 0.5) is 0 Å². The Morgan fingerprint density at radius 3 is 2.88 bits per heavy atom. The molecule has 0 N–H and O–H groups in total. The number of rotatable bonds is 4. The number of ether oxygens (including phenoxy) is 1. The van der Waals surface area contributed by atoms with E-state index < -0.39 is 0 Å². The minimum absolute atomic E-state index is 0.0531. The molecule has 1 saturated heterocycles. The lowest BCUT2D eigenvalue weighted by Crippen LogP contribution is -2.45. The first kappa shape index (κ1) is 16.6. The molecule has 3 aromatic rings. The number of hydrogen-bond donors (Lipinski definition) is 0. The smallest absolute Gasteiger partial charge is 0.316 e. The molecule has 134 valence electrons. The van der Waals surface area contributed by atoms with E-state index in [2.05, 4.69) is 32.9 Å². The van der Waals surface area contributed by atoms with Gasteiger partial charge in [0.2, 0.25) is 5.91 Å². The van der Waals surface area contributed by atoms with Crippen LogP contribution in [0.15, 0.2) is 48.9 Å². The maximum atomic E-state index is 12.8. The number of hydrogen-bond acceptors (Lipinski definition) is 4. The van der Waals surface area contributed by atoms with Crippen molar-refractivity contribution < 1.29 is 9.53 Å². The van der Waals surface area contributed by atoms with Gasteiger partial charge in [-0.25, -0.2) is 9.97 Å². The van der Waals surface area contributed by atoms with Gasteiger partial charge in [0, 0.05) is 43.1 Å². The van der Waals surface area contributed by atoms with Crippen molar-refractivity contribution in [2.24, 2.45) is 7.05 Å². The molecule has 2 aromatic heterocycles. The number of carbonyl (C=O) groups excluding carboxylic acids is 1. The van der Waals surface area contributed by atoms with E-state index in [0.717, 1.165) is 35.9 Å². The fraction of sp³-hybridized carbons (Fsp3) is 0.350. The molecule has 1 aliphatic rings. The Morgan fingerprint density at radius 2 is 2.04 bits per heavy atom. The van der Waals surface area contributed by atoms with Gasteiger partial charge in [0.05, 0.1) is 13.0 Å². The maximum absolute atomic E-state index is 12.8. The molecule has 3 heterocycles. The topological polar surface area (TPSA) is 60.2 Å². The molecule has 6 nitrogen and oxygen atoms in total. The van der Waals surface area contributed by atoms with Crippen LogP contribution in [0.3, 0.4) is 0 Å². The molecule has 1 unspecified atom stereocenters. The van der Waals surface area contributed by atoms with E-state index in [1.165, 1.54) is 0 Å². The van der Waals surface area contributed by atoms with Crippen LogP contribution in [0.1, 0.15) is 18.4 Å². The van der Waals surface area contributed by atoms with Crippen molar-refractivity contribution in [2.75, 3.05) is 13.1 Å². The van der Waals surface area contributed by atoms with E-state index in [-0.39, 0.29) is 12.0 Å².